The van der Waals surface area contributed by atoms with Crippen LogP contribution < -0.4 is 10.2 Å². The minimum atomic E-state index is -3.66. The molecule has 1 atom stereocenters. The number of nitrogens with zero attached hydrogens (tertiary/aromatic N) is 2. The third kappa shape index (κ3) is 7.01. The van der Waals surface area contributed by atoms with E-state index in [4.69, 9.17) is 16.3 Å². The van der Waals surface area contributed by atoms with Crippen LogP contribution >= 0.6 is 11.6 Å². The monoisotopic (exact) mass is 587 g/mol. The molecule has 0 saturated heterocycles. The molecule has 0 aliphatic carbocycles. The molecule has 41 heavy (non-hydrogen) atoms. The first-order valence-electron chi connectivity index (χ1n) is 13.2. The van der Waals surface area contributed by atoms with Gasteiger partial charge in [-0.25, -0.2) is 18.0 Å². The molecule has 218 valence electrons. The van der Waals surface area contributed by atoms with Crippen LogP contribution in [0.1, 0.15) is 64.7 Å². The lowest BCUT2D eigenvalue weighted by atomic mass is 9.86. The average Bonchev–Trinajstić information content (AvgIpc) is 2.92. The number of hydrogen-bond donors (Lipinski definition) is 1. The number of nitrogens with one attached hydrogen (secondary N) is 1. The van der Waals surface area contributed by atoms with Gasteiger partial charge in [0.2, 0.25) is 5.91 Å². The number of aromatic nitrogens is 1. The predicted octanol–water partition coefficient (Wildman–Crippen LogP) is 7.76. The molecule has 6 nitrogen and oxygen atoms in total. The highest BCUT2D eigenvalue weighted by atomic mass is 35.5. The lowest BCUT2D eigenvalue weighted by molar-refractivity contribution is -0.123. The minimum Gasteiger partial charge on any atom is -0.444 e. The first-order chi connectivity index (χ1) is 18.9. The molecular weight excluding hydrogens is 555 g/mol. The van der Waals surface area contributed by atoms with Crippen molar-refractivity contribution in [2.75, 3.05) is 4.90 Å². The highest BCUT2D eigenvalue weighted by Gasteiger charge is 2.47. The second-order valence-corrected chi connectivity index (χ2v) is 12.7. The summed E-state index contributed by atoms with van der Waals surface area (Å²) >= 11 is 6.02. The number of benzene rings is 2. The molecule has 0 bridgehead atoms. The number of alkyl carbamates (subject to hydrolysis) is 1. The number of pyridine rings is 1. The second-order valence-electron chi connectivity index (χ2n) is 12.2. The SMILES string of the molecule is CC(C)(C)OC(=O)N[C@H]1CC(F)(F)c2cc(F)c(-c3cncc(C(C)(C)C)c3)cc2N(Cc2ccc(Cl)cc2)C1=O. The highest BCUT2D eigenvalue weighted by Crippen LogP contribution is 2.45. The molecule has 2 heterocycles. The van der Waals surface area contributed by atoms with E-state index in [1.165, 1.54) is 12.3 Å². The molecule has 2 aromatic carbocycles. The van der Waals surface area contributed by atoms with Crippen LogP contribution in [0.3, 0.4) is 0 Å². The maximum absolute atomic E-state index is 15.8. The number of carbonyl (C=O) groups is 2. The number of fused-ring (bicyclic) bond motifs is 1. The third-order valence-corrected chi connectivity index (χ3v) is 6.91. The number of hydrogen-bond acceptors (Lipinski definition) is 4. The summed E-state index contributed by atoms with van der Waals surface area (Å²) in [5.41, 5.74) is -0.216. The molecule has 4 rings (SSSR count). The summed E-state index contributed by atoms with van der Waals surface area (Å²) in [7, 11) is 0. The fraction of sp³-hybridized carbons (Fsp3) is 0.387. The number of ether oxygens (including phenoxy) is 1. The Bertz CT molecular complexity index is 1460. The first kappa shape index (κ1) is 30.4. The van der Waals surface area contributed by atoms with Crippen molar-refractivity contribution >= 4 is 29.3 Å². The van der Waals surface area contributed by atoms with Gasteiger partial charge in [0, 0.05) is 40.5 Å². The molecule has 3 aromatic rings. The Balaban J connectivity index is 1.86. The van der Waals surface area contributed by atoms with Crippen molar-refractivity contribution in [2.24, 2.45) is 0 Å². The summed E-state index contributed by atoms with van der Waals surface area (Å²) in [5, 5.41) is 2.77. The van der Waals surface area contributed by atoms with Gasteiger partial charge in [0.15, 0.2) is 0 Å². The van der Waals surface area contributed by atoms with Crippen LogP contribution in [0.2, 0.25) is 5.02 Å². The lowest BCUT2D eigenvalue weighted by Gasteiger charge is -2.27. The van der Waals surface area contributed by atoms with Gasteiger partial charge in [-0.2, -0.15) is 0 Å². The van der Waals surface area contributed by atoms with Crippen molar-refractivity contribution in [3.63, 3.8) is 0 Å². The molecular formula is C31H33ClF3N3O3. The zero-order valence-electron chi connectivity index (χ0n) is 23.8. The van der Waals surface area contributed by atoms with Crippen molar-refractivity contribution in [3.05, 3.63) is 82.4 Å². The van der Waals surface area contributed by atoms with E-state index in [0.29, 0.717) is 16.1 Å². The number of halogens is 4. The standard InChI is InChI=1S/C31H33ClF3N3O3/c1-29(2,3)20-11-19(15-36-16-20)22-12-26-23(13-24(22)33)31(34,35)14-25(37-28(40)41-30(4,5)6)27(39)38(26)17-18-7-9-21(32)10-8-18/h7-13,15-16,25H,14,17H2,1-6H3,(H,37,40)/t25-/m0/s1. The highest BCUT2D eigenvalue weighted by molar-refractivity contribution is 6.30. The predicted molar refractivity (Wildman–Crippen MR) is 153 cm³/mol. The van der Waals surface area contributed by atoms with Crippen LogP contribution in [-0.4, -0.2) is 28.6 Å². The molecule has 2 amide bonds. The molecule has 0 radical (unpaired) electrons. The summed E-state index contributed by atoms with van der Waals surface area (Å²) < 4.78 is 52.4. The average molecular weight is 588 g/mol. The van der Waals surface area contributed by atoms with E-state index < -0.39 is 47.4 Å². The van der Waals surface area contributed by atoms with Gasteiger partial charge in [-0.3, -0.25) is 9.78 Å². The van der Waals surface area contributed by atoms with Crippen LogP contribution in [0.25, 0.3) is 11.1 Å². The van der Waals surface area contributed by atoms with Gasteiger partial charge in [-0.1, -0.05) is 44.5 Å². The third-order valence-electron chi connectivity index (χ3n) is 6.66. The lowest BCUT2D eigenvalue weighted by Crippen LogP contribution is -2.49. The maximum atomic E-state index is 15.8. The quantitative estimate of drug-likeness (QED) is 0.339. The normalized spacial score (nSPS) is 17.1. The molecule has 1 aromatic heterocycles. The number of rotatable bonds is 4. The topological polar surface area (TPSA) is 71.5 Å². The molecule has 1 aliphatic heterocycles. The molecule has 10 heteroatoms. The number of alkyl halides is 2. The van der Waals surface area contributed by atoms with Crippen LogP contribution in [-0.2, 0) is 27.4 Å². The number of anilines is 1. The van der Waals surface area contributed by atoms with Gasteiger partial charge in [0.05, 0.1) is 12.2 Å². The van der Waals surface area contributed by atoms with Crippen LogP contribution in [0, 0.1) is 5.82 Å². The summed E-state index contributed by atoms with van der Waals surface area (Å²) in [6.45, 7) is 10.7. The van der Waals surface area contributed by atoms with E-state index >= 15 is 13.2 Å². The van der Waals surface area contributed by atoms with E-state index in [2.05, 4.69) is 10.3 Å². The Hall–Kier alpha value is -3.59. The Morgan fingerprint density at radius 1 is 1.10 bits per heavy atom. The van der Waals surface area contributed by atoms with Crippen molar-refractivity contribution < 1.29 is 27.5 Å². The zero-order valence-corrected chi connectivity index (χ0v) is 24.6. The van der Waals surface area contributed by atoms with Crippen molar-refractivity contribution in [1.29, 1.82) is 0 Å². The van der Waals surface area contributed by atoms with E-state index in [9.17, 15) is 9.59 Å². The Labute approximate surface area is 242 Å². The molecule has 0 fully saturated rings. The largest absolute Gasteiger partial charge is 0.444 e. The van der Waals surface area contributed by atoms with Gasteiger partial charge < -0.3 is 15.0 Å². The van der Waals surface area contributed by atoms with Gasteiger partial charge in [0.1, 0.15) is 17.5 Å². The summed E-state index contributed by atoms with van der Waals surface area (Å²) in [6, 6.07) is 8.70. The van der Waals surface area contributed by atoms with Crippen molar-refractivity contribution in [1.82, 2.24) is 10.3 Å². The van der Waals surface area contributed by atoms with Gasteiger partial charge >= 0.3 is 6.09 Å². The zero-order chi connectivity index (χ0) is 30.3. The maximum Gasteiger partial charge on any atom is 0.408 e. The van der Waals surface area contributed by atoms with Gasteiger partial charge in [-0.15, -0.1) is 0 Å². The molecule has 1 N–H and O–H groups in total. The van der Waals surface area contributed by atoms with Crippen molar-refractivity contribution in [3.8, 4) is 11.1 Å². The first-order valence-corrected chi connectivity index (χ1v) is 13.6. The van der Waals surface area contributed by atoms with E-state index in [-0.39, 0.29) is 23.2 Å². The number of carbonyl (C=O) groups excluding carboxylic acids is 2. The summed E-state index contributed by atoms with van der Waals surface area (Å²) in [5.74, 6) is -5.33. The Morgan fingerprint density at radius 2 is 1.76 bits per heavy atom. The van der Waals surface area contributed by atoms with E-state index in [0.717, 1.165) is 16.5 Å². The minimum absolute atomic E-state index is 0.0191. The van der Waals surface area contributed by atoms with Crippen molar-refractivity contribution in [2.45, 2.75) is 77.5 Å². The second kappa shape index (κ2) is 11.0. The van der Waals surface area contributed by atoms with Gasteiger partial charge in [0.25, 0.3) is 5.92 Å². The van der Waals surface area contributed by atoms with E-state index in [1.54, 1.807) is 57.3 Å². The summed E-state index contributed by atoms with van der Waals surface area (Å²) in [4.78, 5) is 31.8. The Morgan fingerprint density at radius 3 is 2.37 bits per heavy atom. The fourth-order valence-electron chi connectivity index (χ4n) is 4.56. The molecule has 0 saturated carbocycles. The van der Waals surface area contributed by atoms with Crippen LogP contribution in [0.4, 0.5) is 23.7 Å². The molecule has 1 aliphatic rings. The molecule has 0 unspecified atom stereocenters. The van der Waals surface area contributed by atoms with E-state index in [1.807, 2.05) is 20.8 Å². The smallest absolute Gasteiger partial charge is 0.408 e. The number of amides is 2. The van der Waals surface area contributed by atoms with Crippen LogP contribution in [0.15, 0.2) is 54.9 Å². The van der Waals surface area contributed by atoms with Gasteiger partial charge in [-0.05, 0) is 67.6 Å². The fourth-order valence-corrected chi connectivity index (χ4v) is 4.68. The molecule has 0 spiro atoms. The van der Waals surface area contributed by atoms with Crippen LogP contribution in [0.5, 0.6) is 0 Å². The Kier molecular flexibility index (Phi) is 8.15. The summed E-state index contributed by atoms with van der Waals surface area (Å²) in [6.07, 6.45) is 1.03.